The largest absolute Gasteiger partial charge is 0.388 e. The second-order valence-corrected chi connectivity index (χ2v) is 7.15. The topological polar surface area (TPSA) is 20.2 Å². The first-order chi connectivity index (χ1) is 11.3. The van der Waals surface area contributed by atoms with Crippen molar-refractivity contribution in [1.29, 1.82) is 0 Å². The van der Waals surface area contributed by atoms with Crippen molar-refractivity contribution < 1.29 is 5.11 Å². The third-order valence-corrected chi connectivity index (χ3v) is 5.54. The van der Waals surface area contributed by atoms with Crippen molar-refractivity contribution in [3.63, 3.8) is 0 Å². The molecule has 23 heavy (non-hydrogen) atoms. The van der Waals surface area contributed by atoms with Gasteiger partial charge in [-0.2, -0.15) is 0 Å². The van der Waals surface area contributed by atoms with Crippen LogP contribution in [0.5, 0.6) is 0 Å². The molecule has 1 aromatic rings. The van der Waals surface area contributed by atoms with Crippen LogP contribution in [-0.2, 0) is 0 Å². The first-order valence-corrected chi connectivity index (χ1v) is 9.44. The molecule has 0 bridgehead atoms. The lowest BCUT2D eigenvalue weighted by molar-refractivity contribution is 0.181. The summed E-state index contributed by atoms with van der Waals surface area (Å²) in [6.07, 6.45) is 13.2. The van der Waals surface area contributed by atoms with E-state index in [4.69, 9.17) is 0 Å². The minimum Gasteiger partial charge on any atom is -0.388 e. The Balaban J connectivity index is 1.73. The SMILES string of the molecule is CCCCC1=C2CCCCC2C/C1=C\CC(O)c1ccccc1. The Morgan fingerprint density at radius 3 is 2.83 bits per heavy atom. The van der Waals surface area contributed by atoms with Crippen LogP contribution in [0, 0.1) is 5.92 Å². The molecule has 1 N–H and O–H groups in total. The lowest BCUT2D eigenvalue weighted by Gasteiger charge is -2.20. The first-order valence-electron chi connectivity index (χ1n) is 9.44. The summed E-state index contributed by atoms with van der Waals surface area (Å²) in [6.45, 7) is 2.28. The number of benzene rings is 1. The van der Waals surface area contributed by atoms with E-state index in [2.05, 4.69) is 13.0 Å². The zero-order valence-corrected chi connectivity index (χ0v) is 14.4. The van der Waals surface area contributed by atoms with Crippen LogP contribution in [0.3, 0.4) is 0 Å². The fourth-order valence-corrected chi connectivity index (χ4v) is 4.25. The summed E-state index contributed by atoms with van der Waals surface area (Å²) in [5.74, 6) is 0.815. The van der Waals surface area contributed by atoms with Crippen molar-refractivity contribution in [1.82, 2.24) is 0 Å². The Bertz CT molecular complexity index is 567. The van der Waals surface area contributed by atoms with Crippen molar-refractivity contribution in [2.45, 2.75) is 70.8 Å². The maximum atomic E-state index is 10.4. The van der Waals surface area contributed by atoms with Gasteiger partial charge in [0.25, 0.3) is 0 Å². The Morgan fingerprint density at radius 2 is 2.04 bits per heavy atom. The summed E-state index contributed by atoms with van der Waals surface area (Å²) in [7, 11) is 0. The molecule has 1 nitrogen and oxygen atoms in total. The molecule has 124 valence electrons. The number of aliphatic hydroxyl groups excluding tert-OH is 1. The molecule has 1 fully saturated rings. The summed E-state index contributed by atoms with van der Waals surface area (Å²) < 4.78 is 0. The number of hydrogen-bond acceptors (Lipinski definition) is 1. The molecular weight excluding hydrogens is 280 g/mol. The van der Waals surface area contributed by atoms with Gasteiger partial charge >= 0.3 is 0 Å². The molecule has 0 heterocycles. The summed E-state index contributed by atoms with van der Waals surface area (Å²) in [5.41, 5.74) is 6.01. The fraction of sp³-hybridized carbons (Fsp3) is 0.545. The van der Waals surface area contributed by atoms with Gasteiger partial charge in [-0.1, -0.05) is 61.7 Å². The van der Waals surface area contributed by atoms with E-state index in [0.717, 1.165) is 17.9 Å². The lowest BCUT2D eigenvalue weighted by Crippen LogP contribution is -2.05. The lowest BCUT2D eigenvalue weighted by atomic mass is 9.85. The van der Waals surface area contributed by atoms with Crippen molar-refractivity contribution in [2.75, 3.05) is 0 Å². The van der Waals surface area contributed by atoms with E-state index in [1.807, 2.05) is 30.3 Å². The van der Waals surface area contributed by atoms with Gasteiger partial charge in [-0.15, -0.1) is 0 Å². The number of unbranched alkanes of at least 4 members (excludes halogenated alkanes) is 1. The summed E-state index contributed by atoms with van der Waals surface area (Å²) in [4.78, 5) is 0. The second-order valence-electron chi connectivity index (χ2n) is 7.15. The van der Waals surface area contributed by atoms with Gasteiger partial charge in [0.1, 0.15) is 0 Å². The minimum absolute atomic E-state index is 0.372. The second kappa shape index (κ2) is 7.97. The van der Waals surface area contributed by atoms with E-state index in [1.54, 1.807) is 16.7 Å². The molecule has 1 heteroatoms. The van der Waals surface area contributed by atoms with Gasteiger partial charge in [0.15, 0.2) is 0 Å². The standard InChI is InChI=1S/C22H30O/c1-2-3-12-20-19(16-18-11-7-8-13-21(18)20)14-15-22(23)17-9-5-4-6-10-17/h4-6,9-10,14,18,22-23H,2-3,7-8,11-13,15-16H2,1H3/b19-14+. The van der Waals surface area contributed by atoms with Crippen molar-refractivity contribution in [2.24, 2.45) is 5.92 Å². The molecule has 1 aromatic carbocycles. The van der Waals surface area contributed by atoms with Crippen LogP contribution in [-0.4, -0.2) is 5.11 Å². The fourth-order valence-electron chi connectivity index (χ4n) is 4.25. The minimum atomic E-state index is -0.372. The third kappa shape index (κ3) is 3.95. The van der Waals surface area contributed by atoms with Gasteiger partial charge in [-0.3, -0.25) is 0 Å². The highest BCUT2D eigenvalue weighted by Crippen LogP contribution is 2.46. The maximum Gasteiger partial charge on any atom is 0.0824 e. The molecule has 3 rings (SSSR count). The van der Waals surface area contributed by atoms with Gasteiger partial charge in [0.05, 0.1) is 6.10 Å². The molecule has 2 aliphatic carbocycles. The van der Waals surface area contributed by atoms with Crippen LogP contribution < -0.4 is 0 Å². The van der Waals surface area contributed by atoms with Crippen LogP contribution in [0.25, 0.3) is 0 Å². The molecule has 0 amide bonds. The average Bonchev–Trinajstić information content (AvgIpc) is 2.96. The van der Waals surface area contributed by atoms with Gasteiger partial charge in [0, 0.05) is 0 Å². The third-order valence-electron chi connectivity index (χ3n) is 5.54. The summed E-state index contributed by atoms with van der Waals surface area (Å²) in [5, 5.41) is 10.4. The highest BCUT2D eigenvalue weighted by atomic mass is 16.3. The van der Waals surface area contributed by atoms with E-state index < -0.39 is 0 Å². The van der Waals surface area contributed by atoms with Crippen LogP contribution in [0.4, 0.5) is 0 Å². The molecule has 2 aliphatic rings. The highest BCUT2D eigenvalue weighted by Gasteiger charge is 2.30. The number of fused-ring (bicyclic) bond motifs is 1. The molecular formula is C22H30O. The number of aliphatic hydroxyl groups is 1. The molecule has 2 unspecified atom stereocenters. The molecule has 0 aliphatic heterocycles. The smallest absolute Gasteiger partial charge is 0.0824 e. The van der Waals surface area contributed by atoms with Crippen molar-refractivity contribution in [3.8, 4) is 0 Å². The van der Waals surface area contributed by atoms with E-state index in [0.29, 0.717) is 0 Å². The van der Waals surface area contributed by atoms with Crippen LogP contribution in [0.2, 0.25) is 0 Å². The zero-order chi connectivity index (χ0) is 16.1. The molecule has 0 aromatic heterocycles. The van der Waals surface area contributed by atoms with Crippen molar-refractivity contribution >= 4 is 0 Å². The van der Waals surface area contributed by atoms with E-state index in [9.17, 15) is 5.11 Å². The van der Waals surface area contributed by atoms with E-state index in [-0.39, 0.29) is 6.10 Å². The molecule has 0 spiro atoms. The van der Waals surface area contributed by atoms with Gasteiger partial charge in [-0.25, -0.2) is 0 Å². The number of hydrogen-bond donors (Lipinski definition) is 1. The highest BCUT2D eigenvalue weighted by molar-refractivity contribution is 5.44. The summed E-state index contributed by atoms with van der Waals surface area (Å²) >= 11 is 0. The van der Waals surface area contributed by atoms with Crippen LogP contribution in [0.15, 0.2) is 53.1 Å². The van der Waals surface area contributed by atoms with Gasteiger partial charge in [-0.05, 0) is 67.6 Å². The molecule has 0 saturated heterocycles. The monoisotopic (exact) mass is 310 g/mol. The molecule has 2 atom stereocenters. The van der Waals surface area contributed by atoms with Gasteiger partial charge in [0.2, 0.25) is 0 Å². The first kappa shape index (κ1) is 16.5. The van der Waals surface area contributed by atoms with Crippen LogP contribution in [0.1, 0.15) is 76.4 Å². The Kier molecular flexibility index (Phi) is 5.72. The quantitative estimate of drug-likeness (QED) is 0.671. The van der Waals surface area contributed by atoms with Crippen LogP contribution >= 0.6 is 0 Å². The zero-order valence-electron chi connectivity index (χ0n) is 14.4. The number of allylic oxidation sites excluding steroid dienone is 3. The van der Waals surface area contributed by atoms with Gasteiger partial charge < -0.3 is 5.11 Å². The number of rotatable bonds is 6. The Hall–Kier alpha value is -1.34. The Labute approximate surface area is 141 Å². The predicted octanol–water partition coefficient (Wildman–Crippen LogP) is 6.12. The van der Waals surface area contributed by atoms with E-state index >= 15 is 0 Å². The predicted molar refractivity (Wildman–Crippen MR) is 97.2 cm³/mol. The van der Waals surface area contributed by atoms with Crippen molar-refractivity contribution in [3.05, 3.63) is 58.7 Å². The Morgan fingerprint density at radius 1 is 1.22 bits per heavy atom. The molecule has 1 saturated carbocycles. The molecule has 0 radical (unpaired) electrons. The summed E-state index contributed by atoms with van der Waals surface area (Å²) in [6, 6.07) is 10.1. The van der Waals surface area contributed by atoms with E-state index in [1.165, 1.54) is 51.4 Å². The maximum absolute atomic E-state index is 10.4. The normalized spacial score (nSPS) is 24.1. The average molecular weight is 310 g/mol.